The van der Waals surface area contributed by atoms with Crippen molar-refractivity contribution in [2.45, 2.75) is 25.6 Å². The molecule has 0 fully saturated rings. The maximum atomic E-state index is 13.0. The maximum absolute atomic E-state index is 13.0. The number of nitrogens with zero attached hydrogens (tertiary/aromatic N) is 1. The Morgan fingerprint density at radius 3 is 2.50 bits per heavy atom. The van der Waals surface area contributed by atoms with Crippen molar-refractivity contribution in [3.8, 4) is 0 Å². The number of fused-ring (bicyclic) bond motifs is 1. The van der Waals surface area contributed by atoms with Crippen molar-refractivity contribution in [1.82, 2.24) is 4.98 Å². The number of aliphatic hydroxyl groups is 1. The second kappa shape index (κ2) is 10.2. The summed E-state index contributed by atoms with van der Waals surface area (Å²) in [6.07, 6.45) is 0.433. The van der Waals surface area contributed by atoms with Crippen molar-refractivity contribution in [3.05, 3.63) is 107 Å². The molecular formula is C27H22F3N3O3. The van der Waals surface area contributed by atoms with Gasteiger partial charge < -0.3 is 15.7 Å². The quantitative estimate of drug-likeness (QED) is 0.349. The van der Waals surface area contributed by atoms with E-state index in [1.54, 1.807) is 42.6 Å². The minimum atomic E-state index is -4.44. The van der Waals surface area contributed by atoms with Gasteiger partial charge in [0.05, 0.1) is 5.56 Å². The van der Waals surface area contributed by atoms with Gasteiger partial charge in [-0.3, -0.25) is 14.6 Å². The van der Waals surface area contributed by atoms with Crippen LogP contribution in [0.5, 0.6) is 0 Å². The smallest absolute Gasteiger partial charge is 0.383 e. The molecule has 2 amide bonds. The van der Waals surface area contributed by atoms with Crippen LogP contribution in [-0.4, -0.2) is 28.0 Å². The van der Waals surface area contributed by atoms with Gasteiger partial charge in [-0.15, -0.1) is 0 Å². The van der Waals surface area contributed by atoms with E-state index in [-0.39, 0.29) is 6.42 Å². The number of anilines is 2. The number of hydrogen-bond donors (Lipinski definition) is 3. The summed E-state index contributed by atoms with van der Waals surface area (Å²) in [5, 5.41) is 15.2. The summed E-state index contributed by atoms with van der Waals surface area (Å²) >= 11 is 0. The van der Waals surface area contributed by atoms with Crippen LogP contribution >= 0.6 is 0 Å². The number of carbonyl (C=O) groups excluding carboxylic acids is 2. The fourth-order valence-corrected chi connectivity index (χ4v) is 3.77. The monoisotopic (exact) mass is 493 g/mol. The molecule has 1 aliphatic rings. The number of carbonyl (C=O) groups is 2. The molecular weight excluding hydrogens is 471 g/mol. The topological polar surface area (TPSA) is 91.3 Å². The van der Waals surface area contributed by atoms with E-state index in [1.165, 1.54) is 24.3 Å². The minimum absolute atomic E-state index is 0.0692. The summed E-state index contributed by atoms with van der Waals surface area (Å²) in [6, 6.07) is 13.4. The fraction of sp³-hybridized carbons (Fsp3) is 0.148. The number of aryl methyl sites for hydroxylation is 1. The predicted octanol–water partition coefficient (Wildman–Crippen LogP) is 4.89. The van der Waals surface area contributed by atoms with Crippen molar-refractivity contribution in [3.63, 3.8) is 0 Å². The highest BCUT2D eigenvalue weighted by atomic mass is 19.4. The number of aliphatic hydroxyl groups excluding tert-OH is 1. The lowest BCUT2D eigenvalue weighted by Crippen LogP contribution is -2.34. The van der Waals surface area contributed by atoms with Crippen LogP contribution < -0.4 is 10.6 Å². The summed E-state index contributed by atoms with van der Waals surface area (Å²) in [5.74, 6) is -0.961. The van der Waals surface area contributed by atoms with Gasteiger partial charge in [0, 0.05) is 46.9 Å². The van der Waals surface area contributed by atoms with E-state index in [4.69, 9.17) is 0 Å². The van der Waals surface area contributed by atoms with Crippen LogP contribution in [0.4, 0.5) is 24.5 Å². The van der Waals surface area contributed by atoms with Crippen molar-refractivity contribution in [1.29, 1.82) is 0 Å². The lowest BCUT2D eigenvalue weighted by molar-refractivity contribution is -0.137. The lowest BCUT2D eigenvalue weighted by Gasteiger charge is -2.23. The lowest BCUT2D eigenvalue weighted by atomic mass is 9.97. The first-order chi connectivity index (χ1) is 17.1. The number of benzene rings is 2. The first kappa shape index (κ1) is 24.9. The molecule has 6 nitrogen and oxygen atoms in total. The van der Waals surface area contributed by atoms with Gasteiger partial charge in [-0.2, -0.15) is 13.2 Å². The zero-order valence-corrected chi connectivity index (χ0v) is 19.1. The average molecular weight is 493 g/mol. The van der Waals surface area contributed by atoms with E-state index >= 15 is 0 Å². The number of allylic oxidation sites excluding steroid dienone is 2. The van der Waals surface area contributed by atoms with Gasteiger partial charge in [-0.1, -0.05) is 36.4 Å². The summed E-state index contributed by atoms with van der Waals surface area (Å²) in [6.45, 7) is 1.82. The second-order valence-electron chi connectivity index (χ2n) is 8.23. The highest BCUT2D eigenvalue weighted by Gasteiger charge is 2.30. The SMILES string of the molecule is Cc1ccc(C(=CC=CC(=O)Nc2cccc3c2CC(O)C(=O)N3)c2ccc(C(F)(F)F)cc2)cn1. The summed E-state index contributed by atoms with van der Waals surface area (Å²) in [7, 11) is 0. The number of hydrogen-bond acceptors (Lipinski definition) is 4. The first-order valence-electron chi connectivity index (χ1n) is 11.0. The van der Waals surface area contributed by atoms with E-state index in [9.17, 15) is 27.9 Å². The van der Waals surface area contributed by atoms with Gasteiger partial charge in [-0.25, -0.2) is 0 Å². The van der Waals surface area contributed by atoms with Gasteiger partial charge in [0.2, 0.25) is 5.91 Å². The molecule has 0 aliphatic carbocycles. The Morgan fingerprint density at radius 2 is 1.83 bits per heavy atom. The zero-order valence-electron chi connectivity index (χ0n) is 19.1. The molecule has 1 unspecified atom stereocenters. The molecule has 1 aromatic heterocycles. The Kier molecular flexibility index (Phi) is 7.03. The predicted molar refractivity (Wildman–Crippen MR) is 130 cm³/mol. The largest absolute Gasteiger partial charge is 0.416 e. The zero-order chi connectivity index (χ0) is 25.9. The molecule has 3 aromatic rings. The Labute approximate surface area is 205 Å². The third kappa shape index (κ3) is 5.69. The second-order valence-corrected chi connectivity index (χ2v) is 8.23. The van der Waals surface area contributed by atoms with Crippen LogP contribution in [0.25, 0.3) is 5.57 Å². The highest BCUT2D eigenvalue weighted by molar-refractivity contribution is 6.03. The molecule has 0 saturated heterocycles. The van der Waals surface area contributed by atoms with Crippen LogP contribution in [0.15, 0.2) is 79.0 Å². The van der Waals surface area contributed by atoms with E-state index in [1.807, 2.05) is 6.92 Å². The normalized spacial score (nSPS) is 16.0. The summed E-state index contributed by atoms with van der Waals surface area (Å²) in [4.78, 5) is 28.5. The number of alkyl halides is 3. The van der Waals surface area contributed by atoms with Crippen molar-refractivity contribution in [2.75, 3.05) is 10.6 Å². The Morgan fingerprint density at radius 1 is 1.11 bits per heavy atom. The van der Waals surface area contributed by atoms with Crippen LogP contribution in [0.3, 0.4) is 0 Å². The van der Waals surface area contributed by atoms with E-state index in [2.05, 4.69) is 15.6 Å². The van der Waals surface area contributed by atoms with Crippen LogP contribution in [-0.2, 0) is 22.2 Å². The van der Waals surface area contributed by atoms with Crippen LogP contribution in [0.2, 0.25) is 0 Å². The molecule has 0 saturated carbocycles. The maximum Gasteiger partial charge on any atom is 0.416 e. The standard InChI is InChI=1S/C27H22F3N3O3/c1-16-8-9-18(15-31-16)20(17-10-12-19(13-11-17)27(28,29)30)4-2-7-25(35)32-22-5-3-6-23-21(22)14-24(34)26(36)33-23/h2-13,15,24,34H,14H2,1H3,(H,32,35)(H,33,36). The summed E-state index contributed by atoms with van der Waals surface area (Å²) in [5.41, 5.74) is 3.40. The van der Waals surface area contributed by atoms with E-state index in [0.29, 0.717) is 33.6 Å². The molecule has 36 heavy (non-hydrogen) atoms. The number of halogens is 3. The van der Waals surface area contributed by atoms with Crippen molar-refractivity contribution < 1.29 is 27.9 Å². The molecule has 2 aromatic carbocycles. The first-order valence-corrected chi connectivity index (χ1v) is 11.0. The molecule has 1 aliphatic heterocycles. The number of pyridine rings is 1. The molecule has 0 radical (unpaired) electrons. The van der Waals surface area contributed by atoms with E-state index in [0.717, 1.165) is 17.8 Å². The number of nitrogens with one attached hydrogen (secondary N) is 2. The van der Waals surface area contributed by atoms with Gasteiger partial charge >= 0.3 is 6.18 Å². The van der Waals surface area contributed by atoms with Gasteiger partial charge in [0.1, 0.15) is 6.10 Å². The molecule has 4 rings (SSSR count). The minimum Gasteiger partial charge on any atom is -0.383 e. The van der Waals surface area contributed by atoms with Gasteiger partial charge in [-0.05, 0) is 48.4 Å². The molecule has 2 heterocycles. The molecule has 0 bridgehead atoms. The molecule has 9 heteroatoms. The highest BCUT2D eigenvalue weighted by Crippen LogP contribution is 2.32. The van der Waals surface area contributed by atoms with Crippen molar-refractivity contribution in [2.24, 2.45) is 0 Å². The third-order valence-corrected chi connectivity index (χ3v) is 5.65. The Bertz CT molecular complexity index is 1350. The van der Waals surface area contributed by atoms with Crippen LogP contribution in [0, 0.1) is 6.92 Å². The molecule has 0 spiro atoms. The van der Waals surface area contributed by atoms with Crippen molar-refractivity contribution >= 4 is 28.8 Å². The number of rotatable bonds is 5. The van der Waals surface area contributed by atoms with Crippen LogP contribution in [0.1, 0.15) is 27.9 Å². The Hall–Kier alpha value is -4.24. The third-order valence-electron chi connectivity index (χ3n) is 5.65. The van der Waals surface area contributed by atoms with E-state index < -0.39 is 29.7 Å². The average Bonchev–Trinajstić information content (AvgIpc) is 2.83. The molecule has 3 N–H and O–H groups in total. The van der Waals surface area contributed by atoms with Gasteiger partial charge in [0.15, 0.2) is 0 Å². The number of aromatic nitrogens is 1. The summed E-state index contributed by atoms with van der Waals surface area (Å²) < 4.78 is 39.0. The van der Waals surface area contributed by atoms with Gasteiger partial charge in [0.25, 0.3) is 5.91 Å². The number of amides is 2. The molecule has 1 atom stereocenters. The molecule has 184 valence electrons. The Balaban J connectivity index is 1.58. The fourth-order valence-electron chi connectivity index (χ4n) is 3.77.